The molecule has 1 aliphatic heterocycles. The molecule has 1 saturated heterocycles. The molecule has 0 aromatic carbocycles. The molecule has 1 fully saturated rings. The van der Waals surface area contributed by atoms with Gasteiger partial charge in [0.1, 0.15) is 0 Å². The first-order valence-corrected chi connectivity index (χ1v) is 6.49. The smallest absolute Gasteiger partial charge is 0.309 e. The normalized spacial score (nSPS) is 17.5. The molecule has 1 N–H and O–H groups in total. The van der Waals surface area contributed by atoms with Crippen LogP contribution in [0.2, 0.25) is 0 Å². The van der Waals surface area contributed by atoms with E-state index in [1.54, 1.807) is 16.8 Å². The Hall–Kier alpha value is -0.940. The van der Waals surface area contributed by atoms with Crippen LogP contribution in [0.3, 0.4) is 0 Å². The van der Waals surface area contributed by atoms with Gasteiger partial charge in [-0.2, -0.15) is 0 Å². The number of aliphatic carboxylic acids is 1. The molecule has 0 unspecified atom stereocenters. The van der Waals surface area contributed by atoms with Gasteiger partial charge in [0.05, 0.1) is 17.6 Å². The lowest BCUT2D eigenvalue weighted by atomic mass is 10.1. The lowest BCUT2D eigenvalue weighted by Gasteiger charge is -2.25. The van der Waals surface area contributed by atoms with E-state index in [4.69, 9.17) is 5.11 Å². The van der Waals surface area contributed by atoms with Gasteiger partial charge in [-0.15, -0.1) is 11.3 Å². The van der Waals surface area contributed by atoms with Crippen LogP contribution in [0.4, 0.5) is 0 Å². The van der Waals surface area contributed by atoms with E-state index in [2.05, 4.69) is 9.88 Å². The number of aromatic nitrogens is 1. The molecule has 0 bridgehead atoms. The summed E-state index contributed by atoms with van der Waals surface area (Å²) in [5, 5.41) is 8.77. The van der Waals surface area contributed by atoms with Gasteiger partial charge < -0.3 is 5.11 Å². The van der Waals surface area contributed by atoms with Crippen LogP contribution >= 0.6 is 11.3 Å². The van der Waals surface area contributed by atoms with Crippen molar-refractivity contribution in [3.63, 3.8) is 0 Å². The first-order chi connectivity index (χ1) is 7.75. The summed E-state index contributed by atoms with van der Waals surface area (Å²) in [6, 6.07) is 0. The molecule has 0 amide bonds. The zero-order valence-electron chi connectivity index (χ0n) is 9.19. The fourth-order valence-electron chi connectivity index (χ4n) is 2.03. The van der Waals surface area contributed by atoms with Crippen LogP contribution in [0.25, 0.3) is 0 Å². The van der Waals surface area contributed by atoms with Crippen LogP contribution < -0.4 is 0 Å². The molecule has 88 valence electrons. The van der Waals surface area contributed by atoms with Gasteiger partial charge in [0, 0.05) is 11.4 Å². The molecule has 1 aliphatic rings. The number of rotatable bonds is 4. The Morgan fingerprint density at radius 2 is 2.19 bits per heavy atom. The second-order valence-electron chi connectivity index (χ2n) is 4.13. The average Bonchev–Trinajstić information content (AvgIpc) is 2.66. The molecular formula is C11H16N2O2S. The summed E-state index contributed by atoms with van der Waals surface area (Å²) in [5.41, 5.74) is 2.49. The lowest BCUT2D eigenvalue weighted by Crippen LogP contribution is -2.29. The molecule has 0 aliphatic carbocycles. The highest BCUT2D eigenvalue weighted by Gasteiger charge is 2.15. The summed E-state index contributed by atoms with van der Waals surface area (Å²) in [6.45, 7) is 3.13. The van der Waals surface area contributed by atoms with E-state index in [-0.39, 0.29) is 6.42 Å². The zero-order chi connectivity index (χ0) is 11.4. The Morgan fingerprint density at radius 1 is 1.44 bits per heavy atom. The summed E-state index contributed by atoms with van der Waals surface area (Å²) in [4.78, 5) is 18.3. The minimum absolute atomic E-state index is 0.0483. The molecule has 1 aromatic heterocycles. The number of likely N-dealkylation sites (tertiary alicyclic amines) is 1. The van der Waals surface area contributed by atoms with Crippen LogP contribution in [0.15, 0.2) is 5.51 Å². The third-order valence-electron chi connectivity index (χ3n) is 2.86. The number of hydrogen-bond donors (Lipinski definition) is 1. The minimum Gasteiger partial charge on any atom is -0.481 e. The SMILES string of the molecule is O=C(O)Cc1ncsc1CN1CCCCC1. The topological polar surface area (TPSA) is 53.4 Å². The summed E-state index contributed by atoms with van der Waals surface area (Å²) in [6.07, 6.45) is 3.88. The molecule has 5 heteroatoms. The highest BCUT2D eigenvalue weighted by molar-refractivity contribution is 7.09. The lowest BCUT2D eigenvalue weighted by molar-refractivity contribution is -0.136. The van der Waals surface area contributed by atoms with E-state index in [1.165, 1.54) is 19.3 Å². The number of carboxylic acids is 1. The fraction of sp³-hybridized carbons (Fsp3) is 0.636. The number of nitrogens with zero attached hydrogens (tertiary/aromatic N) is 2. The van der Waals surface area contributed by atoms with Crippen molar-refractivity contribution in [3.05, 3.63) is 16.1 Å². The number of thiazole rings is 1. The van der Waals surface area contributed by atoms with Gasteiger partial charge in [0.15, 0.2) is 0 Å². The quantitative estimate of drug-likeness (QED) is 0.871. The van der Waals surface area contributed by atoms with Gasteiger partial charge in [-0.05, 0) is 25.9 Å². The largest absolute Gasteiger partial charge is 0.481 e. The maximum Gasteiger partial charge on any atom is 0.309 e. The highest BCUT2D eigenvalue weighted by Crippen LogP contribution is 2.19. The maximum atomic E-state index is 10.7. The number of carbonyl (C=O) groups is 1. The summed E-state index contributed by atoms with van der Waals surface area (Å²) in [5.74, 6) is -0.800. The Kier molecular flexibility index (Phi) is 3.90. The monoisotopic (exact) mass is 240 g/mol. The van der Waals surface area contributed by atoms with Crippen molar-refractivity contribution in [2.75, 3.05) is 13.1 Å². The van der Waals surface area contributed by atoms with E-state index in [1.807, 2.05) is 0 Å². The second kappa shape index (κ2) is 5.41. The van der Waals surface area contributed by atoms with Crippen LogP contribution in [0, 0.1) is 0 Å². The molecule has 0 saturated carbocycles. The maximum absolute atomic E-state index is 10.7. The standard InChI is InChI=1S/C11H16N2O2S/c14-11(15)6-9-10(16-8-12-9)7-13-4-2-1-3-5-13/h8H,1-7H2,(H,14,15). The zero-order valence-corrected chi connectivity index (χ0v) is 10.0. The number of hydrogen-bond acceptors (Lipinski definition) is 4. The van der Waals surface area contributed by atoms with Crippen LogP contribution in [0.5, 0.6) is 0 Å². The Balaban J connectivity index is 1.97. The van der Waals surface area contributed by atoms with Gasteiger partial charge in [0.25, 0.3) is 0 Å². The van der Waals surface area contributed by atoms with Gasteiger partial charge in [-0.25, -0.2) is 4.98 Å². The van der Waals surface area contributed by atoms with Crippen molar-refractivity contribution in [1.82, 2.24) is 9.88 Å². The summed E-state index contributed by atoms with van der Waals surface area (Å²) < 4.78 is 0. The number of piperidine rings is 1. The van der Waals surface area contributed by atoms with Gasteiger partial charge >= 0.3 is 5.97 Å². The van der Waals surface area contributed by atoms with Crippen molar-refractivity contribution in [2.45, 2.75) is 32.2 Å². The summed E-state index contributed by atoms with van der Waals surface area (Å²) in [7, 11) is 0. The number of carboxylic acid groups (broad SMARTS) is 1. The van der Waals surface area contributed by atoms with Crippen molar-refractivity contribution >= 4 is 17.3 Å². The van der Waals surface area contributed by atoms with E-state index in [0.717, 1.165) is 30.2 Å². The molecule has 2 heterocycles. The van der Waals surface area contributed by atoms with Crippen molar-refractivity contribution in [2.24, 2.45) is 0 Å². The van der Waals surface area contributed by atoms with E-state index < -0.39 is 5.97 Å². The van der Waals surface area contributed by atoms with E-state index >= 15 is 0 Å². The van der Waals surface area contributed by atoms with Crippen molar-refractivity contribution in [1.29, 1.82) is 0 Å². The Morgan fingerprint density at radius 3 is 2.88 bits per heavy atom. The molecule has 1 aromatic rings. The minimum atomic E-state index is -0.800. The second-order valence-corrected chi connectivity index (χ2v) is 5.07. The Bertz CT molecular complexity index is 359. The first-order valence-electron chi connectivity index (χ1n) is 5.61. The summed E-state index contributed by atoms with van der Waals surface area (Å²) >= 11 is 1.57. The van der Waals surface area contributed by atoms with Crippen LogP contribution in [0.1, 0.15) is 29.8 Å². The van der Waals surface area contributed by atoms with Crippen molar-refractivity contribution < 1.29 is 9.90 Å². The van der Waals surface area contributed by atoms with Gasteiger partial charge in [-0.1, -0.05) is 6.42 Å². The fourth-order valence-corrected chi connectivity index (χ4v) is 2.86. The van der Waals surface area contributed by atoms with Crippen molar-refractivity contribution in [3.8, 4) is 0 Å². The third-order valence-corrected chi connectivity index (χ3v) is 3.72. The predicted molar refractivity (Wildman–Crippen MR) is 62.6 cm³/mol. The highest BCUT2D eigenvalue weighted by atomic mass is 32.1. The third kappa shape index (κ3) is 3.02. The van der Waals surface area contributed by atoms with E-state index in [0.29, 0.717) is 0 Å². The van der Waals surface area contributed by atoms with Crippen LogP contribution in [-0.2, 0) is 17.8 Å². The van der Waals surface area contributed by atoms with E-state index in [9.17, 15) is 4.79 Å². The Labute approximate surface area is 98.9 Å². The van der Waals surface area contributed by atoms with Gasteiger partial charge in [-0.3, -0.25) is 9.69 Å². The molecule has 0 radical (unpaired) electrons. The van der Waals surface area contributed by atoms with Crippen LogP contribution in [-0.4, -0.2) is 34.0 Å². The molecule has 0 spiro atoms. The molecule has 2 rings (SSSR count). The molecular weight excluding hydrogens is 224 g/mol. The predicted octanol–water partition coefficient (Wildman–Crippen LogP) is 1.76. The molecule has 16 heavy (non-hydrogen) atoms. The first kappa shape index (κ1) is 11.5. The molecule has 0 atom stereocenters. The van der Waals surface area contributed by atoms with Gasteiger partial charge in [0.2, 0.25) is 0 Å². The molecule has 4 nitrogen and oxygen atoms in total. The average molecular weight is 240 g/mol.